The highest BCUT2D eigenvalue weighted by molar-refractivity contribution is 5.54. The highest BCUT2D eigenvalue weighted by Crippen LogP contribution is 2.32. The van der Waals surface area contributed by atoms with Gasteiger partial charge in [-0.25, -0.2) is 0 Å². The van der Waals surface area contributed by atoms with E-state index in [-0.39, 0.29) is 0 Å². The van der Waals surface area contributed by atoms with E-state index in [0.717, 1.165) is 23.1 Å². The molecule has 1 fully saturated rings. The van der Waals surface area contributed by atoms with E-state index in [1.165, 1.54) is 57.8 Å². The summed E-state index contributed by atoms with van der Waals surface area (Å²) < 4.78 is 5.45. The van der Waals surface area contributed by atoms with Crippen molar-refractivity contribution < 1.29 is 4.74 Å². The van der Waals surface area contributed by atoms with Crippen LogP contribution in [0.2, 0.25) is 0 Å². The number of hydrogen-bond acceptors (Lipinski definition) is 1. The predicted molar refractivity (Wildman–Crippen MR) is 118 cm³/mol. The fourth-order valence-corrected chi connectivity index (χ4v) is 3.79. The smallest absolute Gasteiger partial charge is 0.119 e. The molecule has 1 aromatic carbocycles. The van der Waals surface area contributed by atoms with Crippen molar-refractivity contribution in [1.29, 1.82) is 0 Å². The summed E-state index contributed by atoms with van der Waals surface area (Å²) in [6, 6.07) is 8.10. The standard InChI is InChI=1S/C26H36O/c1-3-5-6-9-12-23-15-17-24(18-16-23)13-10-7-8-11-14-25-19-21-26(22-20-25)27-4-2/h10-11,13-14,19-24H,3-6,9,12,15-18H2,1-2H3/b13-10+,14-11+. The zero-order chi connectivity index (χ0) is 19.2. The molecule has 0 amide bonds. The Balaban J connectivity index is 1.65. The minimum absolute atomic E-state index is 0.702. The van der Waals surface area contributed by atoms with Crippen molar-refractivity contribution in [2.45, 2.75) is 71.6 Å². The maximum absolute atomic E-state index is 5.45. The van der Waals surface area contributed by atoms with Gasteiger partial charge in [-0.05, 0) is 80.4 Å². The highest BCUT2D eigenvalue weighted by atomic mass is 16.5. The van der Waals surface area contributed by atoms with E-state index in [1.807, 2.05) is 31.2 Å². The minimum Gasteiger partial charge on any atom is -0.494 e. The van der Waals surface area contributed by atoms with Gasteiger partial charge in [0, 0.05) is 0 Å². The second-order valence-electron chi connectivity index (χ2n) is 7.61. The van der Waals surface area contributed by atoms with Crippen molar-refractivity contribution in [3.63, 3.8) is 0 Å². The largest absolute Gasteiger partial charge is 0.494 e. The predicted octanol–water partition coefficient (Wildman–Crippen LogP) is 7.43. The molecule has 0 heterocycles. The fraction of sp³-hybridized carbons (Fsp3) is 0.538. The lowest BCUT2D eigenvalue weighted by Crippen LogP contribution is -2.12. The first-order chi connectivity index (χ1) is 13.3. The van der Waals surface area contributed by atoms with Crippen LogP contribution < -0.4 is 4.74 Å². The van der Waals surface area contributed by atoms with Crippen LogP contribution in [-0.4, -0.2) is 6.61 Å². The number of allylic oxidation sites excluding steroid dienone is 3. The zero-order valence-electron chi connectivity index (χ0n) is 17.3. The monoisotopic (exact) mass is 364 g/mol. The molecule has 27 heavy (non-hydrogen) atoms. The van der Waals surface area contributed by atoms with Crippen molar-refractivity contribution in [3.05, 3.63) is 48.1 Å². The third-order valence-corrected chi connectivity index (χ3v) is 5.44. The van der Waals surface area contributed by atoms with Gasteiger partial charge in [-0.15, -0.1) is 0 Å². The molecule has 146 valence electrons. The van der Waals surface area contributed by atoms with Crippen LogP contribution in [0.5, 0.6) is 5.75 Å². The number of unbranched alkanes of at least 4 members (excludes halogenated alkanes) is 3. The molecule has 0 atom stereocenters. The summed E-state index contributed by atoms with van der Waals surface area (Å²) in [4.78, 5) is 0. The van der Waals surface area contributed by atoms with E-state index < -0.39 is 0 Å². The molecule has 0 N–H and O–H groups in total. The summed E-state index contributed by atoms with van der Waals surface area (Å²) in [5.74, 6) is 8.90. The summed E-state index contributed by atoms with van der Waals surface area (Å²) in [6.45, 7) is 4.99. The molecular formula is C26H36O. The molecule has 1 aliphatic rings. The second kappa shape index (κ2) is 13.3. The average Bonchev–Trinajstić information content (AvgIpc) is 2.70. The van der Waals surface area contributed by atoms with Crippen LogP contribution in [0.1, 0.15) is 77.2 Å². The van der Waals surface area contributed by atoms with Gasteiger partial charge in [-0.2, -0.15) is 0 Å². The van der Waals surface area contributed by atoms with Crippen LogP contribution in [0.25, 0.3) is 6.08 Å². The van der Waals surface area contributed by atoms with Crippen LogP contribution in [-0.2, 0) is 0 Å². The Morgan fingerprint density at radius 3 is 2.37 bits per heavy atom. The fourth-order valence-electron chi connectivity index (χ4n) is 3.79. The number of rotatable bonds is 9. The maximum atomic E-state index is 5.45. The topological polar surface area (TPSA) is 9.23 Å². The Morgan fingerprint density at radius 2 is 1.67 bits per heavy atom. The van der Waals surface area contributed by atoms with Gasteiger partial charge in [-0.3, -0.25) is 0 Å². The van der Waals surface area contributed by atoms with Gasteiger partial charge in [-0.1, -0.05) is 69.1 Å². The molecule has 0 aromatic heterocycles. The van der Waals surface area contributed by atoms with Gasteiger partial charge in [0.05, 0.1) is 6.61 Å². The van der Waals surface area contributed by atoms with E-state index in [9.17, 15) is 0 Å². The van der Waals surface area contributed by atoms with Crippen LogP contribution in [0.15, 0.2) is 42.5 Å². The number of hydrogen-bond donors (Lipinski definition) is 0. The van der Waals surface area contributed by atoms with E-state index in [4.69, 9.17) is 4.74 Å². The lowest BCUT2D eigenvalue weighted by atomic mass is 9.79. The van der Waals surface area contributed by atoms with Gasteiger partial charge in [0.1, 0.15) is 5.75 Å². The third kappa shape index (κ3) is 9.00. The van der Waals surface area contributed by atoms with Crippen molar-refractivity contribution in [1.82, 2.24) is 0 Å². The van der Waals surface area contributed by atoms with E-state index in [0.29, 0.717) is 6.61 Å². The Hall–Kier alpha value is -1.94. The molecule has 2 rings (SSSR count). The van der Waals surface area contributed by atoms with Crippen LogP contribution in [0.4, 0.5) is 0 Å². The van der Waals surface area contributed by atoms with Crippen LogP contribution >= 0.6 is 0 Å². The highest BCUT2D eigenvalue weighted by Gasteiger charge is 2.18. The van der Waals surface area contributed by atoms with Crippen molar-refractivity contribution in [3.8, 4) is 17.6 Å². The first-order valence-corrected chi connectivity index (χ1v) is 10.9. The lowest BCUT2D eigenvalue weighted by molar-refractivity contribution is 0.289. The Morgan fingerprint density at radius 1 is 0.926 bits per heavy atom. The second-order valence-corrected chi connectivity index (χ2v) is 7.61. The first kappa shape index (κ1) is 21.4. The SMILES string of the molecule is CCCCCCC1CCC(/C=C/C#C/C=C/c2ccc(OCC)cc2)CC1. The van der Waals surface area contributed by atoms with Crippen LogP contribution in [0, 0.1) is 23.7 Å². The summed E-state index contributed by atoms with van der Waals surface area (Å²) in [5, 5.41) is 0. The summed E-state index contributed by atoms with van der Waals surface area (Å²) >= 11 is 0. The number of benzene rings is 1. The molecular weight excluding hydrogens is 328 g/mol. The summed E-state index contributed by atoms with van der Waals surface area (Å²) in [6.07, 6.45) is 20.9. The molecule has 1 saturated carbocycles. The van der Waals surface area contributed by atoms with Crippen molar-refractivity contribution in [2.24, 2.45) is 11.8 Å². The van der Waals surface area contributed by atoms with E-state index >= 15 is 0 Å². The molecule has 1 aliphatic carbocycles. The van der Waals surface area contributed by atoms with Crippen LogP contribution in [0.3, 0.4) is 0 Å². The molecule has 0 aliphatic heterocycles. The van der Waals surface area contributed by atoms with Crippen molar-refractivity contribution in [2.75, 3.05) is 6.61 Å². The molecule has 1 nitrogen and oxygen atoms in total. The van der Waals surface area contributed by atoms with Gasteiger partial charge in [0.15, 0.2) is 0 Å². The molecule has 1 aromatic rings. The van der Waals surface area contributed by atoms with Crippen molar-refractivity contribution >= 4 is 6.08 Å². The van der Waals surface area contributed by atoms with E-state index in [1.54, 1.807) is 0 Å². The molecule has 0 saturated heterocycles. The van der Waals surface area contributed by atoms with Gasteiger partial charge in [0.25, 0.3) is 0 Å². The minimum atomic E-state index is 0.702. The molecule has 1 heteroatoms. The molecule has 0 spiro atoms. The zero-order valence-corrected chi connectivity index (χ0v) is 17.3. The van der Waals surface area contributed by atoms with E-state index in [2.05, 4.69) is 43.0 Å². The Labute approximate surface area is 166 Å². The first-order valence-electron chi connectivity index (χ1n) is 10.9. The maximum Gasteiger partial charge on any atom is 0.119 e. The van der Waals surface area contributed by atoms with Gasteiger partial charge < -0.3 is 4.74 Å². The Bertz CT molecular complexity index is 618. The normalized spacial score (nSPS) is 19.9. The molecule has 0 bridgehead atoms. The molecule has 0 unspecified atom stereocenters. The Kier molecular flexibility index (Phi) is 10.5. The summed E-state index contributed by atoms with van der Waals surface area (Å²) in [7, 11) is 0. The lowest BCUT2D eigenvalue weighted by Gasteiger charge is -2.26. The van der Waals surface area contributed by atoms with Gasteiger partial charge >= 0.3 is 0 Å². The number of ether oxygens (including phenoxy) is 1. The average molecular weight is 365 g/mol. The third-order valence-electron chi connectivity index (χ3n) is 5.44. The summed E-state index contributed by atoms with van der Waals surface area (Å²) in [5.41, 5.74) is 1.15. The molecule has 0 radical (unpaired) electrons. The van der Waals surface area contributed by atoms with Gasteiger partial charge in [0.2, 0.25) is 0 Å². The quantitative estimate of drug-likeness (QED) is 0.327.